The topological polar surface area (TPSA) is 165 Å². The monoisotopic (exact) mass is 535 g/mol. The number of aromatic nitrogens is 1. The van der Waals surface area contributed by atoms with Crippen LogP contribution >= 0.6 is 11.6 Å². The number of benzene rings is 1. The molecule has 0 unspecified atom stereocenters. The van der Waals surface area contributed by atoms with Crippen molar-refractivity contribution in [2.24, 2.45) is 0 Å². The van der Waals surface area contributed by atoms with E-state index in [0.717, 1.165) is 0 Å². The smallest absolute Gasteiger partial charge is 0.338 e. The van der Waals surface area contributed by atoms with E-state index in [1.807, 2.05) is 4.90 Å². The molecule has 37 heavy (non-hydrogen) atoms. The summed E-state index contributed by atoms with van der Waals surface area (Å²) < 4.78 is 15.4. The van der Waals surface area contributed by atoms with Crippen molar-refractivity contribution in [3.05, 3.63) is 56.8 Å². The minimum Gasteiger partial charge on any atom is -0.460 e. The molecule has 5 N–H and O–H groups in total. The molecule has 0 bridgehead atoms. The highest BCUT2D eigenvalue weighted by Crippen LogP contribution is 2.17. The molecule has 200 valence electrons. The Labute approximate surface area is 218 Å². The number of aromatic amines is 1. The van der Waals surface area contributed by atoms with Crippen molar-refractivity contribution in [1.29, 1.82) is 0 Å². The number of nitrogens with two attached hydrogens (primary N) is 1. The lowest BCUT2D eigenvalue weighted by molar-refractivity contribution is -0.118. The SMILES string of the molecule is COCCOC(=O)c1ccc(NC(=O)CN2CC[C@@H](NC(=O)c3cc(Cl)c(N)[nH]c3=O)[C@@H](OC)C2)cc1. The van der Waals surface area contributed by atoms with Gasteiger partial charge in [0.25, 0.3) is 11.5 Å². The number of rotatable bonds is 10. The maximum Gasteiger partial charge on any atom is 0.338 e. The van der Waals surface area contributed by atoms with Crippen molar-refractivity contribution in [1.82, 2.24) is 15.2 Å². The van der Waals surface area contributed by atoms with Crippen LogP contribution in [0.3, 0.4) is 0 Å². The standard InChI is InChI=1S/C24H30ClN5O7/c1-35-9-10-37-24(34)14-3-5-15(6-4-14)27-20(31)13-30-8-7-18(19(12-30)36-2)28-22(32)16-11-17(25)21(26)29-23(16)33/h3-6,11,18-19H,7-10,12-13H2,1-2H3,(H,27,31)(H,28,32)(H3,26,29,33)/t18-,19+/m1/s1. The third kappa shape index (κ3) is 7.76. The molecule has 1 aromatic heterocycles. The van der Waals surface area contributed by atoms with Gasteiger partial charge in [0.1, 0.15) is 18.0 Å². The van der Waals surface area contributed by atoms with Gasteiger partial charge in [-0.05, 0) is 36.8 Å². The lowest BCUT2D eigenvalue weighted by Crippen LogP contribution is -2.56. The van der Waals surface area contributed by atoms with Gasteiger partial charge in [-0.2, -0.15) is 0 Å². The molecule has 2 atom stereocenters. The zero-order chi connectivity index (χ0) is 26.9. The Morgan fingerprint density at radius 1 is 1.19 bits per heavy atom. The van der Waals surface area contributed by atoms with Gasteiger partial charge in [0.2, 0.25) is 5.91 Å². The van der Waals surface area contributed by atoms with Gasteiger partial charge in [-0.15, -0.1) is 0 Å². The first kappa shape index (κ1) is 28.1. The quantitative estimate of drug-likeness (QED) is 0.255. The van der Waals surface area contributed by atoms with Crippen molar-refractivity contribution in [2.45, 2.75) is 18.6 Å². The van der Waals surface area contributed by atoms with Crippen LogP contribution in [-0.2, 0) is 19.0 Å². The van der Waals surface area contributed by atoms with E-state index in [1.54, 1.807) is 24.3 Å². The molecule has 1 saturated heterocycles. The van der Waals surface area contributed by atoms with Gasteiger partial charge in [-0.3, -0.25) is 19.3 Å². The summed E-state index contributed by atoms with van der Waals surface area (Å²) >= 11 is 5.93. The number of amides is 2. The average Bonchev–Trinajstić information content (AvgIpc) is 2.87. The van der Waals surface area contributed by atoms with Crippen LogP contribution in [0.4, 0.5) is 11.5 Å². The molecular weight excluding hydrogens is 506 g/mol. The minimum atomic E-state index is -0.640. The number of nitrogens with one attached hydrogen (secondary N) is 3. The van der Waals surface area contributed by atoms with Crippen LogP contribution in [0.5, 0.6) is 0 Å². The first-order valence-corrected chi connectivity index (χ1v) is 11.9. The molecule has 1 aliphatic heterocycles. The van der Waals surface area contributed by atoms with Gasteiger partial charge < -0.3 is 35.6 Å². The van der Waals surface area contributed by atoms with E-state index in [4.69, 9.17) is 31.5 Å². The zero-order valence-electron chi connectivity index (χ0n) is 20.5. The number of nitrogens with zero attached hydrogens (tertiary/aromatic N) is 1. The molecule has 0 radical (unpaired) electrons. The number of piperidine rings is 1. The number of carbonyl (C=O) groups excluding carboxylic acids is 3. The number of likely N-dealkylation sites (tertiary alicyclic amines) is 1. The maximum atomic E-state index is 12.7. The molecule has 1 aliphatic rings. The average molecular weight is 536 g/mol. The Morgan fingerprint density at radius 3 is 2.59 bits per heavy atom. The van der Waals surface area contributed by atoms with Crippen molar-refractivity contribution in [2.75, 3.05) is 58.1 Å². The second-order valence-electron chi connectivity index (χ2n) is 8.41. The first-order chi connectivity index (χ1) is 17.7. The molecular formula is C24H30ClN5O7. The van der Waals surface area contributed by atoms with E-state index in [2.05, 4.69) is 15.6 Å². The van der Waals surface area contributed by atoms with Gasteiger partial charge in [0, 0.05) is 33.0 Å². The van der Waals surface area contributed by atoms with E-state index < -0.39 is 23.5 Å². The summed E-state index contributed by atoms with van der Waals surface area (Å²) in [6.45, 7) is 1.48. The van der Waals surface area contributed by atoms with Crippen LogP contribution in [0, 0.1) is 0 Å². The fraction of sp³-hybridized carbons (Fsp3) is 0.417. The summed E-state index contributed by atoms with van der Waals surface area (Å²) in [5, 5.41) is 5.68. The third-order valence-electron chi connectivity index (χ3n) is 5.82. The number of ether oxygens (including phenoxy) is 3. The van der Waals surface area contributed by atoms with Gasteiger partial charge in [-0.25, -0.2) is 4.79 Å². The van der Waals surface area contributed by atoms with Gasteiger partial charge in [-0.1, -0.05) is 11.6 Å². The number of halogens is 1. The molecule has 2 aromatic rings. The number of pyridine rings is 1. The Kier molecular flexibility index (Phi) is 10.0. The number of H-pyrrole nitrogens is 1. The van der Waals surface area contributed by atoms with Gasteiger partial charge >= 0.3 is 5.97 Å². The highest BCUT2D eigenvalue weighted by molar-refractivity contribution is 6.33. The molecule has 3 rings (SSSR count). The molecule has 13 heteroatoms. The zero-order valence-corrected chi connectivity index (χ0v) is 21.3. The van der Waals surface area contributed by atoms with Gasteiger partial charge in [0.15, 0.2) is 0 Å². The van der Waals surface area contributed by atoms with Crippen molar-refractivity contribution in [3.8, 4) is 0 Å². The largest absolute Gasteiger partial charge is 0.460 e. The van der Waals surface area contributed by atoms with Crippen LogP contribution in [0.25, 0.3) is 0 Å². The number of esters is 1. The Morgan fingerprint density at radius 2 is 1.92 bits per heavy atom. The molecule has 0 saturated carbocycles. The molecule has 2 heterocycles. The second-order valence-corrected chi connectivity index (χ2v) is 8.81. The maximum absolute atomic E-state index is 12.7. The molecule has 2 amide bonds. The lowest BCUT2D eigenvalue weighted by Gasteiger charge is -2.37. The lowest BCUT2D eigenvalue weighted by atomic mass is 10.0. The summed E-state index contributed by atoms with van der Waals surface area (Å²) in [6, 6.07) is 7.23. The number of nitrogen functional groups attached to an aromatic ring is 1. The summed E-state index contributed by atoms with van der Waals surface area (Å²) in [5.41, 5.74) is 5.68. The number of carbonyl (C=O) groups is 3. The Hall–Kier alpha value is -3.45. The molecule has 0 spiro atoms. The number of hydrogen-bond acceptors (Lipinski definition) is 9. The highest BCUT2D eigenvalue weighted by atomic mass is 35.5. The second kappa shape index (κ2) is 13.2. The molecule has 12 nitrogen and oxygen atoms in total. The Balaban J connectivity index is 1.51. The fourth-order valence-corrected chi connectivity index (χ4v) is 4.01. The van der Waals surface area contributed by atoms with E-state index in [9.17, 15) is 19.2 Å². The normalized spacial score (nSPS) is 17.7. The van der Waals surface area contributed by atoms with Crippen molar-refractivity contribution in [3.63, 3.8) is 0 Å². The van der Waals surface area contributed by atoms with E-state index in [0.29, 0.717) is 37.4 Å². The number of hydrogen-bond donors (Lipinski definition) is 4. The number of anilines is 2. The predicted octanol–water partition coefficient (Wildman–Crippen LogP) is 0.872. The number of methoxy groups -OCH3 is 2. The summed E-state index contributed by atoms with van der Waals surface area (Å²) in [4.78, 5) is 53.5. The third-order valence-corrected chi connectivity index (χ3v) is 6.13. The van der Waals surface area contributed by atoms with Crippen LogP contribution in [0.15, 0.2) is 35.1 Å². The van der Waals surface area contributed by atoms with E-state index >= 15 is 0 Å². The molecule has 1 fully saturated rings. The predicted molar refractivity (Wildman–Crippen MR) is 137 cm³/mol. The van der Waals surface area contributed by atoms with Crippen molar-refractivity contribution < 1.29 is 28.6 Å². The Bertz CT molecular complexity index is 1170. The summed E-state index contributed by atoms with van der Waals surface area (Å²) in [6.07, 6.45) is 0.0927. The van der Waals surface area contributed by atoms with Crippen LogP contribution in [-0.4, -0.2) is 86.9 Å². The molecule has 1 aromatic carbocycles. The summed E-state index contributed by atoms with van der Waals surface area (Å²) in [7, 11) is 3.03. The van der Waals surface area contributed by atoms with E-state index in [1.165, 1.54) is 20.3 Å². The van der Waals surface area contributed by atoms with E-state index in [-0.39, 0.29) is 41.5 Å². The summed E-state index contributed by atoms with van der Waals surface area (Å²) in [5.74, 6) is -1.32. The fourth-order valence-electron chi connectivity index (χ4n) is 3.86. The minimum absolute atomic E-state index is 0.0130. The molecule has 0 aliphatic carbocycles. The van der Waals surface area contributed by atoms with Crippen LogP contribution in [0.2, 0.25) is 5.02 Å². The highest BCUT2D eigenvalue weighted by Gasteiger charge is 2.32. The van der Waals surface area contributed by atoms with Crippen molar-refractivity contribution >= 4 is 40.9 Å². The first-order valence-electron chi connectivity index (χ1n) is 11.5. The van der Waals surface area contributed by atoms with Crippen LogP contribution < -0.4 is 21.9 Å². The van der Waals surface area contributed by atoms with Crippen LogP contribution in [0.1, 0.15) is 27.1 Å². The van der Waals surface area contributed by atoms with Gasteiger partial charge in [0.05, 0.1) is 35.9 Å².